The third-order valence-corrected chi connectivity index (χ3v) is 4.62. The topological polar surface area (TPSA) is 88.0 Å². The van der Waals surface area contributed by atoms with Crippen molar-refractivity contribution in [1.29, 1.82) is 0 Å². The normalized spacial score (nSPS) is 14.5. The molecule has 26 heavy (non-hydrogen) atoms. The number of ether oxygens (including phenoxy) is 1. The Labute approximate surface area is 154 Å². The van der Waals surface area contributed by atoms with Gasteiger partial charge in [-0.15, -0.1) is 0 Å². The summed E-state index contributed by atoms with van der Waals surface area (Å²) in [7, 11) is 0. The second kappa shape index (κ2) is 10.1. The third kappa shape index (κ3) is 5.40. The zero-order valence-corrected chi connectivity index (χ0v) is 15.6. The summed E-state index contributed by atoms with van der Waals surface area (Å²) in [6.07, 6.45) is 0.849. The summed E-state index contributed by atoms with van der Waals surface area (Å²) >= 11 is 0. The first-order chi connectivity index (χ1) is 12.6. The summed E-state index contributed by atoms with van der Waals surface area (Å²) in [5.41, 5.74) is 0.815. The number of amides is 1. The Morgan fingerprint density at radius 3 is 2.62 bits per heavy atom. The quantitative estimate of drug-likeness (QED) is 0.409. The van der Waals surface area contributed by atoms with Gasteiger partial charge in [-0.05, 0) is 38.2 Å². The maximum absolute atomic E-state index is 12.3. The van der Waals surface area contributed by atoms with Gasteiger partial charge < -0.3 is 19.9 Å². The lowest BCUT2D eigenvalue weighted by atomic mass is 10.1. The van der Waals surface area contributed by atoms with Gasteiger partial charge in [0.2, 0.25) is 0 Å². The van der Waals surface area contributed by atoms with E-state index in [2.05, 4.69) is 24.1 Å². The molecule has 0 atom stereocenters. The molecule has 8 nitrogen and oxygen atoms in total. The van der Waals surface area contributed by atoms with Crippen LogP contribution in [0.15, 0.2) is 18.2 Å². The average molecular weight is 364 g/mol. The minimum atomic E-state index is -0.429. The number of carbonyl (C=O) groups excluding carboxylic acids is 1. The summed E-state index contributed by atoms with van der Waals surface area (Å²) in [6, 6.07) is 4.68. The summed E-state index contributed by atoms with van der Waals surface area (Å²) < 4.78 is 5.29. The van der Waals surface area contributed by atoms with E-state index < -0.39 is 4.92 Å². The SMILES string of the molecule is CCN(CC)CCCNC(=O)c1ccc(N2CCOCC2)c([N+](=O)[O-])c1. The number of nitrogens with one attached hydrogen (secondary N) is 1. The van der Waals surface area contributed by atoms with Crippen molar-refractivity contribution in [3.63, 3.8) is 0 Å². The standard InChI is InChI=1S/C18H28N4O4/c1-3-20(4-2)9-5-8-19-18(23)15-6-7-16(17(14-15)22(24)25)21-10-12-26-13-11-21/h6-7,14H,3-5,8-13H2,1-2H3,(H,19,23). The molecule has 1 N–H and O–H groups in total. The van der Waals surface area contributed by atoms with Gasteiger partial charge in [0, 0.05) is 31.3 Å². The van der Waals surface area contributed by atoms with Gasteiger partial charge in [-0.25, -0.2) is 0 Å². The van der Waals surface area contributed by atoms with E-state index in [0.29, 0.717) is 44.1 Å². The number of anilines is 1. The second-order valence-electron chi connectivity index (χ2n) is 6.20. The molecule has 1 saturated heterocycles. The molecular formula is C18H28N4O4. The molecule has 0 saturated carbocycles. The van der Waals surface area contributed by atoms with Crippen molar-refractivity contribution in [2.24, 2.45) is 0 Å². The average Bonchev–Trinajstić information content (AvgIpc) is 2.68. The van der Waals surface area contributed by atoms with Crippen LogP contribution < -0.4 is 10.2 Å². The van der Waals surface area contributed by atoms with Crippen LogP contribution in [0.25, 0.3) is 0 Å². The van der Waals surface area contributed by atoms with Crippen molar-refractivity contribution >= 4 is 17.3 Å². The summed E-state index contributed by atoms with van der Waals surface area (Å²) in [4.78, 5) is 27.5. The van der Waals surface area contributed by atoms with Crippen LogP contribution in [0.3, 0.4) is 0 Å². The fraction of sp³-hybridized carbons (Fsp3) is 0.611. The fourth-order valence-electron chi connectivity index (χ4n) is 3.03. The molecule has 1 heterocycles. The molecular weight excluding hydrogens is 336 g/mol. The van der Waals surface area contributed by atoms with E-state index in [1.807, 2.05) is 4.90 Å². The first-order valence-electron chi connectivity index (χ1n) is 9.18. The maximum atomic E-state index is 12.3. The van der Waals surface area contributed by atoms with Crippen LogP contribution in [0.4, 0.5) is 11.4 Å². The first kappa shape index (κ1) is 20.1. The molecule has 0 spiro atoms. The van der Waals surface area contributed by atoms with Crippen LogP contribution in [0.1, 0.15) is 30.6 Å². The molecule has 1 aromatic rings. The molecule has 1 aliphatic heterocycles. The van der Waals surface area contributed by atoms with Gasteiger partial charge in [0.05, 0.1) is 18.1 Å². The van der Waals surface area contributed by atoms with Crippen LogP contribution in [-0.2, 0) is 4.74 Å². The minimum Gasteiger partial charge on any atom is -0.378 e. The van der Waals surface area contributed by atoms with Crippen molar-refractivity contribution < 1.29 is 14.5 Å². The van der Waals surface area contributed by atoms with Crippen LogP contribution in [0, 0.1) is 10.1 Å². The Hall–Kier alpha value is -2.19. The summed E-state index contributed by atoms with van der Waals surface area (Å²) in [5.74, 6) is -0.277. The second-order valence-corrected chi connectivity index (χ2v) is 6.20. The van der Waals surface area contributed by atoms with Gasteiger partial charge in [0.25, 0.3) is 11.6 Å². The van der Waals surface area contributed by atoms with E-state index in [1.165, 1.54) is 6.07 Å². The lowest BCUT2D eigenvalue weighted by Crippen LogP contribution is -2.36. The Bertz CT molecular complexity index is 613. The number of benzene rings is 1. The number of hydrogen-bond acceptors (Lipinski definition) is 6. The molecule has 8 heteroatoms. The largest absolute Gasteiger partial charge is 0.378 e. The lowest BCUT2D eigenvalue weighted by molar-refractivity contribution is -0.384. The lowest BCUT2D eigenvalue weighted by Gasteiger charge is -2.28. The van der Waals surface area contributed by atoms with E-state index in [-0.39, 0.29) is 11.6 Å². The van der Waals surface area contributed by atoms with Crippen molar-refractivity contribution in [2.45, 2.75) is 20.3 Å². The van der Waals surface area contributed by atoms with Gasteiger partial charge in [0.15, 0.2) is 0 Å². The van der Waals surface area contributed by atoms with Crippen molar-refractivity contribution in [3.05, 3.63) is 33.9 Å². The predicted molar refractivity (Wildman–Crippen MR) is 101 cm³/mol. The minimum absolute atomic E-state index is 0.0392. The molecule has 1 aliphatic rings. The highest BCUT2D eigenvalue weighted by atomic mass is 16.6. The highest BCUT2D eigenvalue weighted by Gasteiger charge is 2.23. The van der Waals surface area contributed by atoms with Gasteiger partial charge in [-0.1, -0.05) is 13.8 Å². The first-order valence-corrected chi connectivity index (χ1v) is 9.18. The zero-order chi connectivity index (χ0) is 18.9. The van der Waals surface area contributed by atoms with Crippen LogP contribution in [-0.4, -0.2) is 68.2 Å². The maximum Gasteiger partial charge on any atom is 0.293 e. The summed E-state index contributed by atoms with van der Waals surface area (Å²) in [6.45, 7) is 9.97. The van der Waals surface area contributed by atoms with E-state index >= 15 is 0 Å². The molecule has 144 valence electrons. The molecule has 0 aromatic heterocycles. The van der Waals surface area contributed by atoms with E-state index in [9.17, 15) is 14.9 Å². The molecule has 1 fully saturated rings. The highest BCUT2D eigenvalue weighted by Crippen LogP contribution is 2.29. The molecule has 2 rings (SSSR count). The van der Waals surface area contributed by atoms with Gasteiger partial charge >= 0.3 is 0 Å². The Morgan fingerprint density at radius 2 is 2.00 bits per heavy atom. The molecule has 1 amide bonds. The molecule has 1 aromatic carbocycles. The van der Waals surface area contributed by atoms with Crippen molar-refractivity contribution in [2.75, 3.05) is 57.4 Å². The summed E-state index contributed by atoms with van der Waals surface area (Å²) in [5, 5.41) is 14.3. The van der Waals surface area contributed by atoms with Gasteiger partial charge in [0.1, 0.15) is 5.69 Å². The van der Waals surface area contributed by atoms with Gasteiger partial charge in [-0.3, -0.25) is 14.9 Å². The van der Waals surface area contributed by atoms with Crippen LogP contribution in [0.5, 0.6) is 0 Å². The van der Waals surface area contributed by atoms with Crippen LogP contribution in [0.2, 0.25) is 0 Å². The molecule has 0 aliphatic carbocycles. The number of nitro benzene ring substituents is 1. The number of morpholine rings is 1. The smallest absolute Gasteiger partial charge is 0.293 e. The predicted octanol–water partition coefficient (Wildman–Crippen LogP) is 1.89. The molecule has 0 bridgehead atoms. The number of nitro groups is 1. The van der Waals surface area contributed by atoms with Crippen LogP contribution >= 0.6 is 0 Å². The van der Waals surface area contributed by atoms with E-state index in [1.54, 1.807) is 12.1 Å². The number of hydrogen-bond donors (Lipinski definition) is 1. The monoisotopic (exact) mass is 364 g/mol. The fourth-order valence-corrected chi connectivity index (χ4v) is 3.03. The van der Waals surface area contributed by atoms with Crippen molar-refractivity contribution in [3.8, 4) is 0 Å². The number of carbonyl (C=O) groups is 1. The number of nitrogens with zero attached hydrogens (tertiary/aromatic N) is 3. The van der Waals surface area contributed by atoms with Gasteiger partial charge in [-0.2, -0.15) is 0 Å². The zero-order valence-electron chi connectivity index (χ0n) is 15.6. The highest BCUT2D eigenvalue weighted by molar-refractivity contribution is 5.95. The number of rotatable bonds is 9. The Morgan fingerprint density at radius 1 is 1.31 bits per heavy atom. The van der Waals surface area contributed by atoms with E-state index in [0.717, 1.165) is 26.1 Å². The van der Waals surface area contributed by atoms with E-state index in [4.69, 9.17) is 4.74 Å². The molecule has 0 unspecified atom stereocenters. The third-order valence-electron chi connectivity index (χ3n) is 4.62. The van der Waals surface area contributed by atoms with Crippen molar-refractivity contribution in [1.82, 2.24) is 10.2 Å². The Balaban J connectivity index is 1.99. The molecule has 0 radical (unpaired) electrons. The Kier molecular flexibility index (Phi) is 7.80.